The van der Waals surface area contributed by atoms with Crippen LogP contribution in [0.4, 0.5) is 4.39 Å². The highest BCUT2D eigenvalue weighted by atomic mass is 19.1. The highest BCUT2D eigenvalue weighted by molar-refractivity contribution is 5.93. The number of hydrogen-bond acceptors (Lipinski definition) is 3. The second-order valence-corrected chi connectivity index (χ2v) is 2.72. The first-order chi connectivity index (χ1) is 6.22. The van der Waals surface area contributed by atoms with Gasteiger partial charge in [0.05, 0.1) is 12.7 Å². The average molecular weight is 182 g/mol. The summed E-state index contributed by atoms with van der Waals surface area (Å²) in [5.41, 5.74) is 0.960. The fraction of sp³-hybridized carbons (Fsp3) is 0.222. The van der Waals surface area contributed by atoms with E-state index in [1.165, 1.54) is 19.2 Å². The number of carbonyl (C=O) groups excluding carboxylic acids is 1. The number of cyclic esters (lactones) is 1. The first-order valence-corrected chi connectivity index (χ1v) is 3.76. The highest BCUT2D eigenvalue weighted by Crippen LogP contribution is 2.27. The molecular weight excluding hydrogens is 175 g/mol. The van der Waals surface area contributed by atoms with Crippen molar-refractivity contribution in [2.75, 3.05) is 7.11 Å². The Morgan fingerprint density at radius 3 is 3.00 bits per heavy atom. The Bertz CT molecular complexity index is 373. The third kappa shape index (κ3) is 1.14. The highest BCUT2D eigenvalue weighted by Gasteiger charge is 2.23. The van der Waals surface area contributed by atoms with Crippen molar-refractivity contribution in [3.05, 3.63) is 29.1 Å². The number of rotatable bonds is 1. The molecule has 0 aliphatic carbocycles. The van der Waals surface area contributed by atoms with Crippen LogP contribution in [-0.2, 0) is 11.3 Å². The van der Waals surface area contributed by atoms with Gasteiger partial charge in [-0.25, -0.2) is 9.18 Å². The summed E-state index contributed by atoms with van der Waals surface area (Å²) in [6.45, 7) is 0.148. The lowest BCUT2D eigenvalue weighted by molar-refractivity contribution is 0.0535. The molecule has 13 heavy (non-hydrogen) atoms. The third-order valence-electron chi connectivity index (χ3n) is 1.96. The zero-order chi connectivity index (χ0) is 9.42. The molecule has 0 radical (unpaired) electrons. The molecular formula is C9H7FO3. The molecule has 1 aromatic carbocycles. The van der Waals surface area contributed by atoms with Gasteiger partial charge in [-0.3, -0.25) is 0 Å². The molecule has 0 spiro atoms. The smallest absolute Gasteiger partial charge is 0.339 e. The van der Waals surface area contributed by atoms with Crippen molar-refractivity contribution in [1.29, 1.82) is 0 Å². The van der Waals surface area contributed by atoms with E-state index in [9.17, 15) is 9.18 Å². The van der Waals surface area contributed by atoms with Gasteiger partial charge in [-0.1, -0.05) is 0 Å². The second-order valence-electron chi connectivity index (χ2n) is 2.72. The lowest BCUT2D eigenvalue weighted by atomic mass is 10.1. The van der Waals surface area contributed by atoms with Crippen LogP contribution in [0.3, 0.4) is 0 Å². The average Bonchev–Trinajstić information content (AvgIpc) is 2.46. The number of halogens is 1. The Balaban J connectivity index is 2.57. The number of carbonyl (C=O) groups is 1. The van der Waals surface area contributed by atoms with Crippen LogP contribution in [-0.4, -0.2) is 13.1 Å². The lowest BCUT2D eigenvalue weighted by Crippen LogP contribution is -1.96. The van der Waals surface area contributed by atoms with Gasteiger partial charge in [0.15, 0.2) is 11.6 Å². The van der Waals surface area contributed by atoms with Gasteiger partial charge in [0, 0.05) is 5.56 Å². The van der Waals surface area contributed by atoms with Gasteiger partial charge in [-0.05, 0) is 12.1 Å². The van der Waals surface area contributed by atoms with Gasteiger partial charge < -0.3 is 9.47 Å². The normalized spacial score (nSPS) is 13.8. The molecule has 2 rings (SSSR count). The summed E-state index contributed by atoms with van der Waals surface area (Å²) in [6.07, 6.45) is 0. The molecule has 0 N–H and O–H groups in total. The molecule has 1 aromatic rings. The molecule has 0 saturated carbocycles. The van der Waals surface area contributed by atoms with Gasteiger partial charge in [-0.15, -0.1) is 0 Å². The second kappa shape index (κ2) is 2.73. The van der Waals surface area contributed by atoms with E-state index in [1.807, 2.05) is 0 Å². The molecule has 68 valence electrons. The maximum absolute atomic E-state index is 13.1. The van der Waals surface area contributed by atoms with E-state index in [2.05, 4.69) is 0 Å². The molecule has 4 heteroatoms. The third-order valence-corrected chi connectivity index (χ3v) is 1.96. The Labute approximate surface area is 74.1 Å². The molecule has 0 fully saturated rings. The molecule has 0 unspecified atom stereocenters. The monoisotopic (exact) mass is 182 g/mol. The number of hydrogen-bond donors (Lipinski definition) is 0. The van der Waals surface area contributed by atoms with Crippen LogP contribution < -0.4 is 4.74 Å². The Hall–Kier alpha value is -1.58. The van der Waals surface area contributed by atoms with E-state index in [1.54, 1.807) is 0 Å². The maximum Gasteiger partial charge on any atom is 0.339 e. The largest absolute Gasteiger partial charge is 0.494 e. The summed E-state index contributed by atoms with van der Waals surface area (Å²) in [6, 6.07) is 2.62. The van der Waals surface area contributed by atoms with Gasteiger partial charge >= 0.3 is 5.97 Å². The van der Waals surface area contributed by atoms with Crippen LogP contribution in [0.25, 0.3) is 0 Å². The van der Waals surface area contributed by atoms with Crippen LogP contribution in [0.2, 0.25) is 0 Å². The van der Waals surface area contributed by atoms with Crippen LogP contribution in [0.5, 0.6) is 5.75 Å². The molecule has 0 atom stereocenters. The minimum absolute atomic E-state index is 0.0672. The first kappa shape index (κ1) is 8.04. The van der Waals surface area contributed by atoms with Crippen molar-refractivity contribution in [1.82, 2.24) is 0 Å². The summed E-state index contributed by atoms with van der Waals surface area (Å²) in [4.78, 5) is 11.0. The molecule has 3 nitrogen and oxygen atoms in total. The summed E-state index contributed by atoms with van der Waals surface area (Å²) in [5, 5.41) is 0. The number of benzene rings is 1. The summed E-state index contributed by atoms with van der Waals surface area (Å²) < 4.78 is 22.5. The van der Waals surface area contributed by atoms with Crippen LogP contribution in [0, 0.1) is 5.82 Å². The van der Waals surface area contributed by atoms with Gasteiger partial charge in [-0.2, -0.15) is 0 Å². The quantitative estimate of drug-likeness (QED) is 0.617. The Morgan fingerprint density at radius 1 is 1.54 bits per heavy atom. The summed E-state index contributed by atoms with van der Waals surface area (Å²) in [7, 11) is 1.35. The zero-order valence-electron chi connectivity index (χ0n) is 6.96. The van der Waals surface area contributed by atoms with Crippen LogP contribution in [0.1, 0.15) is 15.9 Å². The molecule has 1 heterocycles. The molecule has 1 aliphatic heterocycles. The molecule has 0 aromatic heterocycles. The number of methoxy groups -OCH3 is 1. The topological polar surface area (TPSA) is 35.5 Å². The van der Waals surface area contributed by atoms with Crippen molar-refractivity contribution in [2.24, 2.45) is 0 Å². The summed E-state index contributed by atoms with van der Waals surface area (Å²) in [5.74, 6) is -0.828. The zero-order valence-corrected chi connectivity index (χ0v) is 6.96. The molecule has 0 bridgehead atoms. The van der Waals surface area contributed by atoms with E-state index in [-0.39, 0.29) is 12.4 Å². The number of ether oxygens (including phenoxy) is 2. The van der Waals surface area contributed by atoms with Crippen LogP contribution >= 0.6 is 0 Å². The minimum Gasteiger partial charge on any atom is -0.494 e. The Kier molecular flexibility index (Phi) is 1.69. The number of fused-ring (bicyclic) bond motifs is 1. The van der Waals surface area contributed by atoms with Gasteiger partial charge in [0.25, 0.3) is 0 Å². The first-order valence-electron chi connectivity index (χ1n) is 3.76. The van der Waals surface area contributed by atoms with Crippen molar-refractivity contribution in [3.63, 3.8) is 0 Å². The lowest BCUT2D eigenvalue weighted by Gasteiger charge is -2.02. The van der Waals surface area contributed by atoms with E-state index in [0.29, 0.717) is 11.1 Å². The van der Waals surface area contributed by atoms with E-state index in [4.69, 9.17) is 9.47 Å². The van der Waals surface area contributed by atoms with E-state index >= 15 is 0 Å². The van der Waals surface area contributed by atoms with Gasteiger partial charge in [0.2, 0.25) is 0 Å². The maximum atomic E-state index is 13.1. The van der Waals surface area contributed by atoms with E-state index in [0.717, 1.165) is 0 Å². The van der Waals surface area contributed by atoms with Crippen molar-refractivity contribution >= 4 is 5.97 Å². The van der Waals surface area contributed by atoms with Crippen molar-refractivity contribution < 1.29 is 18.7 Å². The predicted octanol–water partition coefficient (Wildman–Crippen LogP) is 1.50. The molecule has 0 amide bonds. The fourth-order valence-corrected chi connectivity index (χ4v) is 1.28. The SMILES string of the molecule is COc1cc2c(cc1F)COC2=O. The van der Waals surface area contributed by atoms with Crippen molar-refractivity contribution in [3.8, 4) is 5.75 Å². The van der Waals surface area contributed by atoms with Crippen LogP contribution in [0.15, 0.2) is 12.1 Å². The fourth-order valence-electron chi connectivity index (χ4n) is 1.28. The molecule has 1 aliphatic rings. The minimum atomic E-state index is -0.473. The van der Waals surface area contributed by atoms with Gasteiger partial charge in [0.1, 0.15) is 6.61 Å². The number of esters is 1. The Morgan fingerprint density at radius 2 is 2.31 bits per heavy atom. The standard InChI is InChI=1S/C9H7FO3/c1-12-8-3-6-5(2-7(8)10)4-13-9(6)11/h2-3H,4H2,1H3. The predicted molar refractivity (Wildman–Crippen MR) is 42.1 cm³/mol. The van der Waals surface area contributed by atoms with E-state index < -0.39 is 11.8 Å². The summed E-state index contributed by atoms with van der Waals surface area (Å²) >= 11 is 0. The molecule has 0 saturated heterocycles. The van der Waals surface area contributed by atoms with Crippen molar-refractivity contribution in [2.45, 2.75) is 6.61 Å².